The molecule has 0 aliphatic rings. The van der Waals surface area contributed by atoms with Crippen LogP contribution in [0.25, 0.3) is 0 Å². The number of rotatable bonds is 4. The molecular weight excluding hydrogens is 279 g/mol. The minimum Gasteiger partial charge on any atom is -0.399 e. The van der Waals surface area contributed by atoms with Gasteiger partial charge in [0, 0.05) is 10.6 Å². The number of hydrogen-bond acceptors (Lipinski definition) is 3. The Balaban J connectivity index is 2.02. The number of nitrogens with two attached hydrogens (primary N) is 1. The molecule has 0 aliphatic carbocycles. The van der Waals surface area contributed by atoms with Gasteiger partial charge >= 0.3 is 0 Å². The lowest BCUT2D eigenvalue weighted by atomic mass is 10.3. The van der Waals surface area contributed by atoms with E-state index < -0.39 is 22.5 Å². The van der Waals surface area contributed by atoms with Crippen LogP contribution in [0.2, 0.25) is 0 Å². The average Bonchev–Trinajstić information content (AvgIpc) is 2.41. The van der Waals surface area contributed by atoms with Crippen LogP contribution >= 0.6 is 0 Å². The van der Waals surface area contributed by atoms with E-state index in [0.29, 0.717) is 10.6 Å². The van der Waals surface area contributed by atoms with E-state index in [-0.39, 0.29) is 11.4 Å². The van der Waals surface area contributed by atoms with E-state index in [0.717, 1.165) is 0 Å². The minimum atomic E-state index is -1.52. The van der Waals surface area contributed by atoms with Gasteiger partial charge in [-0.15, -0.1) is 0 Å². The molecule has 0 saturated heterocycles. The molecule has 0 heterocycles. The Bertz CT molecular complexity index is 661. The number of nitrogen functional groups attached to an aromatic ring is 1. The summed E-state index contributed by atoms with van der Waals surface area (Å²) in [5.74, 6) is -1.30. The highest BCUT2D eigenvalue weighted by Gasteiger charge is 2.12. The summed E-state index contributed by atoms with van der Waals surface area (Å²) in [5, 5.41) is 2.39. The molecule has 0 fully saturated rings. The average molecular weight is 292 g/mol. The molecule has 4 nitrogen and oxygen atoms in total. The van der Waals surface area contributed by atoms with Gasteiger partial charge in [0.25, 0.3) is 0 Å². The number of anilines is 2. The van der Waals surface area contributed by atoms with Gasteiger partial charge < -0.3 is 11.1 Å². The first kappa shape index (κ1) is 14.2. The molecule has 0 aliphatic heterocycles. The maximum absolute atomic E-state index is 13.4. The van der Waals surface area contributed by atoms with Crippen molar-refractivity contribution < 1.29 is 13.4 Å². The summed E-state index contributed by atoms with van der Waals surface area (Å²) in [6, 6.07) is 12.3. The Morgan fingerprint density at radius 1 is 1.20 bits per heavy atom. The first-order chi connectivity index (χ1) is 9.56. The van der Waals surface area contributed by atoms with E-state index in [9.17, 15) is 13.4 Å². The molecule has 1 atom stereocenters. The van der Waals surface area contributed by atoms with Gasteiger partial charge in [-0.1, -0.05) is 18.2 Å². The van der Waals surface area contributed by atoms with Crippen LogP contribution in [-0.2, 0) is 15.6 Å². The quantitative estimate of drug-likeness (QED) is 0.848. The summed E-state index contributed by atoms with van der Waals surface area (Å²) in [5.41, 5.74) is 6.13. The number of carbonyl (C=O) groups excluding carboxylic acids is 1. The molecule has 0 aromatic heterocycles. The molecule has 2 rings (SSSR count). The van der Waals surface area contributed by atoms with Crippen molar-refractivity contribution >= 4 is 28.1 Å². The van der Waals surface area contributed by atoms with E-state index >= 15 is 0 Å². The molecule has 104 valence electrons. The third kappa shape index (κ3) is 3.64. The molecule has 0 radical (unpaired) electrons. The van der Waals surface area contributed by atoms with Crippen molar-refractivity contribution in [3.05, 3.63) is 54.3 Å². The minimum absolute atomic E-state index is 0.0714. The second kappa shape index (κ2) is 6.29. The number of hydrogen-bond donors (Lipinski definition) is 2. The summed E-state index contributed by atoms with van der Waals surface area (Å²) in [6.07, 6.45) is 0. The molecule has 0 spiro atoms. The molecule has 0 saturated carbocycles. The number of benzene rings is 2. The Kier molecular flexibility index (Phi) is 4.47. The van der Waals surface area contributed by atoms with Crippen molar-refractivity contribution in [2.45, 2.75) is 4.90 Å². The lowest BCUT2D eigenvalue weighted by Crippen LogP contribution is -2.20. The lowest BCUT2D eigenvalue weighted by Gasteiger charge is -2.06. The van der Waals surface area contributed by atoms with Gasteiger partial charge in [0.1, 0.15) is 11.6 Å². The van der Waals surface area contributed by atoms with Crippen LogP contribution in [0.3, 0.4) is 0 Å². The van der Waals surface area contributed by atoms with Gasteiger partial charge in [0.15, 0.2) is 0 Å². The van der Waals surface area contributed by atoms with Crippen LogP contribution in [0.15, 0.2) is 53.4 Å². The Morgan fingerprint density at radius 2 is 1.95 bits per heavy atom. The van der Waals surface area contributed by atoms with Crippen LogP contribution in [0.4, 0.5) is 15.8 Å². The molecular formula is C14H13FN2O2S. The Morgan fingerprint density at radius 3 is 2.65 bits per heavy atom. The van der Waals surface area contributed by atoms with Crippen molar-refractivity contribution in [3.63, 3.8) is 0 Å². The van der Waals surface area contributed by atoms with Crippen molar-refractivity contribution in [3.8, 4) is 0 Å². The van der Waals surface area contributed by atoms with Gasteiger partial charge in [-0.2, -0.15) is 0 Å². The van der Waals surface area contributed by atoms with Crippen LogP contribution in [-0.4, -0.2) is 15.9 Å². The summed E-state index contributed by atoms with van der Waals surface area (Å²) in [4.78, 5) is 12.2. The summed E-state index contributed by atoms with van der Waals surface area (Å²) in [6.45, 7) is 0. The molecule has 3 N–H and O–H groups in total. The highest BCUT2D eigenvalue weighted by atomic mass is 32.2. The zero-order valence-corrected chi connectivity index (χ0v) is 11.3. The Labute approximate surface area is 118 Å². The molecule has 6 heteroatoms. The van der Waals surface area contributed by atoms with Gasteiger partial charge in [0.05, 0.1) is 16.5 Å². The van der Waals surface area contributed by atoms with E-state index in [4.69, 9.17) is 5.73 Å². The standard InChI is InChI=1S/C14H13FN2O2S/c15-12-6-1-2-7-13(12)17-14(18)9-20(19)11-5-3-4-10(16)8-11/h1-8H,9,16H2,(H,17,18). The predicted molar refractivity (Wildman–Crippen MR) is 77.2 cm³/mol. The molecule has 20 heavy (non-hydrogen) atoms. The van der Waals surface area contributed by atoms with Crippen LogP contribution in [0, 0.1) is 5.82 Å². The van der Waals surface area contributed by atoms with E-state index in [1.807, 2.05) is 0 Å². The van der Waals surface area contributed by atoms with Crippen LogP contribution < -0.4 is 11.1 Å². The molecule has 2 aromatic carbocycles. The highest BCUT2D eigenvalue weighted by molar-refractivity contribution is 7.85. The normalized spacial score (nSPS) is 11.8. The molecule has 1 amide bonds. The lowest BCUT2D eigenvalue weighted by molar-refractivity contribution is -0.113. The zero-order valence-electron chi connectivity index (χ0n) is 10.5. The number of nitrogens with one attached hydrogen (secondary N) is 1. The number of amides is 1. The maximum atomic E-state index is 13.4. The fourth-order valence-electron chi connectivity index (χ4n) is 1.61. The number of para-hydroxylation sites is 1. The van der Waals surface area contributed by atoms with Gasteiger partial charge in [-0.25, -0.2) is 4.39 Å². The first-order valence-electron chi connectivity index (χ1n) is 5.84. The van der Waals surface area contributed by atoms with Gasteiger partial charge in [0.2, 0.25) is 5.91 Å². The fraction of sp³-hybridized carbons (Fsp3) is 0.0714. The maximum Gasteiger partial charge on any atom is 0.237 e. The van der Waals surface area contributed by atoms with Crippen LogP contribution in [0.5, 0.6) is 0 Å². The van der Waals surface area contributed by atoms with E-state index in [1.54, 1.807) is 30.3 Å². The topological polar surface area (TPSA) is 72.2 Å². The second-order valence-electron chi connectivity index (χ2n) is 4.09. The third-order valence-electron chi connectivity index (χ3n) is 2.53. The third-order valence-corrected chi connectivity index (χ3v) is 3.84. The van der Waals surface area contributed by atoms with Gasteiger partial charge in [-0.05, 0) is 30.3 Å². The number of halogens is 1. The monoisotopic (exact) mass is 292 g/mol. The smallest absolute Gasteiger partial charge is 0.237 e. The van der Waals surface area contributed by atoms with Crippen LogP contribution in [0.1, 0.15) is 0 Å². The zero-order chi connectivity index (χ0) is 14.5. The van der Waals surface area contributed by atoms with Gasteiger partial charge in [-0.3, -0.25) is 9.00 Å². The highest BCUT2D eigenvalue weighted by Crippen LogP contribution is 2.14. The second-order valence-corrected chi connectivity index (χ2v) is 5.54. The summed E-state index contributed by atoms with van der Waals surface area (Å²) < 4.78 is 25.3. The van der Waals surface area contributed by atoms with Crippen molar-refractivity contribution in [2.24, 2.45) is 0 Å². The SMILES string of the molecule is Nc1cccc(S(=O)CC(=O)Nc2ccccc2F)c1. The largest absolute Gasteiger partial charge is 0.399 e. The summed E-state index contributed by atoms with van der Waals surface area (Å²) in [7, 11) is -1.52. The molecule has 1 unspecified atom stereocenters. The fourth-order valence-corrected chi connectivity index (χ4v) is 2.58. The van der Waals surface area contributed by atoms with E-state index in [1.165, 1.54) is 18.2 Å². The van der Waals surface area contributed by atoms with Crippen molar-refractivity contribution in [2.75, 3.05) is 16.8 Å². The van der Waals surface area contributed by atoms with Crippen molar-refractivity contribution in [1.29, 1.82) is 0 Å². The predicted octanol–water partition coefficient (Wildman–Crippen LogP) is 2.15. The summed E-state index contributed by atoms with van der Waals surface area (Å²) >= 11 is 0. The van der Waals surface area contributed by atoms with E-state index in [2.05, 4.69) is 5.32 Å². The number of carbonyl (C=O) groups is 1. The molecule has 0 bridgehead atoms. The Hall–Kier alpha value is -2.21. The van der Waals surface area contributed by atoms with Crippen molar-refractivity contribution in [1.82, 2.24) is 0 Å². The first-order valence-corrected chi connectivity index (χ1v) is 7.16. The molecule has 2 aromatic rings.